The van der Waals surface area contributed by atoms with E-state index in [4.69, 9.17) is 25.8 Å². The fourth-order valence-corrected chi connectivity index (χ4v) is 2.24. The summed E-state index contributed by atoms with van der Waals surface area (Å²) < 4.78 is 16.2. The maximum Gasteiger partial charge on any atom is 0.165 e. The van der Waals surface area contributed by atoms with E-state index in [0.717, 1.165) is 43.9 Å². The summed E-state index contributed by atoms with van der Waals surface area (Å²) in [5, 5.41) is 4.02. The normalized spacial score (nSPS) is 10.7. The minimum atomic E-state index is 0.646. The van der Waals surface area contributed by atoms with E-state index in [0.29, 0.717) is 17.3 Å². The highest BCUT2D eigenvalue weighted by Gasteiger charge is 2.11. The summed E-state index contributed by atoms with van der Waals surface area (Å²) in [5.41, 5.74) is 0.994. The van der Waals surface area contributed by atoms with Crippen molar-refractivity contribution in [3.8, 4) is 11.5 Å². The van der Waals surface area contributed by atoms with E-state index in [9.17, 15) is 0 Å². The van der Waals surface area contributed by atoms with Crippen molar-refractivity contribution in [2.75, 3.05) is 34.0 Å². The van der Waals surface area contributed by atoms with Gasteiger partial charge in [-0.1, -0.05) is 24.9 Å². The van der Waals surface area contributed by atoms with E-state index in [1.54, 1.807) is 20.3 Å². The van der Waals surface area contributed by atoms with Gasteiger partial charge >= 0.3 is 0 Å². The average Bonchev–Trinajstić information content (AvgIpc) is 2.49. The van der Waals surface area contributed by atoms with Crippen molar-refractivity contribution in [2.24, 2.45) is 0 Å². The molecule has 4 nitrogen and oxygen atoms in total. The quantitative estimate of drug-likeness (QED) is 0.633. The second-order valence-corrected chi connectivity index (χ2v) is 5.23. The first-order valence-electron chi connectivity index (χ1n) is 7.41. The van der Waals surface area contributed by atoms with E-state index in [2.05, 4.69) is 12.2 Å². The Morgan fingerprint density at radius 2 is 1.86 bits per heavy atom. The molecule has 0 atom stereocenters. The van der Waals surface area contributed by atoms with Crippen LogP contribution in [0, 0.1) is 0 Å². The van der Waals surface area contributed by atoms with Gasteiger partial charge in [0.15, 0.2) is 11.5 Å². The van der Waals surface area contributed by atoms with E-state index >= 15 is 0 Å². The summed E-state index contributed by atoms with van der Waals surface area (Å²) in [6, 6.07) is 3.65. The number of hydrogen-bond donors (Lipinski definition) is 1. The molecule has 5 heteroatoms. The SMILES string of the molecule is CCCCOCCCNCc1cc(Cl)cc(OC)c1OC. The number of unbranched alkanes of at least 4 members (excludes halogenated alkanes) is 1. The Hall–Kier alpha value is -0.970. The van der Waals surface area contributed by atoms with Gasteiger partial charge in [-0.05, 0) is 25.5 Å². The molecule has 0 aliphatic heterocycles. The largest absolute Gasteiger partial charge is 0.493 e. The molecule has 0 saturated carbocycles. The molecule has 0 fully saturated rings. The van der Waals surface area contributed by atoms with Crippen LogP contribution in [0.2, 0.25) is 5.02 Å². The molecular formula is C16H26ClNO3. The van der Waals surface area contributed by atoms with Gasteiger partial charge in [0.1, 0.15) is 0 Å². The predicted molar refractivity (Wildman–Crippen MR) is 86.6 cm³/mol. The van der Waals surface area contributed by atoms with Crippen molar-refractivity contribution in [3.05, 3.63) is 22.7 Å². The molecule has 21 heavy (non-hydrogen) atoms. The molecule has 120 valence electrons. The van der Waals surface area contributed by atoms with Gasteiger partial charge < -0.3 is 19.5 Å². The lowest BCUT2D eigenvalue weighted by molar-refractivity contribution is 0.128. The molecule has 0 spiro atoms. The third kappa shape index (κ3) is 6.55. The molecule has 0 saturated heterocycles. The van der Waals surface area contributed by atoms with Crippen LogP contribution < -0.4 is 14.8 Å². The van der Waals surface area contributed by atoms with Crippen molar-refractivity contribution in [3.63, 3.8) is 0 Å². The van der Waals surface area contributed by atoms with Gasteiger partial charge in [0.05, 0.1) is 14.2 Å². The first kappa shape index (κ1) is 18.1. The zero-order valence-electron chi connectivity index (χ0n) is 13.2. The average molecular weight is 316 g/mol. The van der Waals surface area contributed by atoms with Gasteiger partial charge in [0.2, 0.25) is 0 Å². The van der Waals surface area contributed by atoms with Crippen LogP contribution in [0.1, 0.15) is 31.7 Å². The Balaban J connectivity index is 2.36. The number of benzene rings is 1. The van der Waals surface area contributed by atoms with Crippen molar-refractivity contribution in [2.45, 2.75) is 32.7 Å². The number of ether oxygens (including phenoxy) is 3. The highest BCUT2D eigenvalue weighted by molar-refractivity contribution is 6.30. The maximum absolute atomic E-state index is 6.09. The van der Waals surface area contributed by atoms with E-state index < -0.39 is 0 Å². The van der Waals surface area contributed by atoms with Crippen LogP contribution in [0.3, 0.4) is 0 Å². The molecule has 1 N–H and O–H groups in total. The Morgan fingerprint density at radius 1 is 1.10 bits per heavy atom. The second-order valence-electron chi connectivity index (χ2n) is 4.80. The third-order valence-corrected chi connectivity index (χ3v) is 3.34. The highest BCUT2D eigenvalue weighted by atomic mass is 35.5. The van der Waals surface area contributed by atoms with Crippen LogP contribution in [0.4, 0.5) is 0 Å². The molecular weight excluding hydrogens is 290 g/mol. The lowest BCUT2D eigenvalue weighted by Crippen LogP contribution is -2.17. The number of halogens is 1. The lowest BCUT2D eigenvalue weighted by atomic mass is 10.2. The van der Waals surface area contributed by atoms with Crippen molar-refractivity contribution in [1.29, 1.82) is 0 Å². The zero-order valence-corrected chi connectivity index (χ0v) is 14.0. The first-order valence-corrected chi connectivity index (χ1v) is 7.79. The second kappa shape index (κ2) is 10.7. The van der Waals surface area contributed by atoms with Crippen molar-refractivity contribution in [1.82, 2.24) is 5.32 Å². The summed E-state index contributed by atoms with van der Waals surface area (Å²) in [6.45, 7) is 5.40. The molecule has 0 bridgehead atoms. The van der Waals surface area contributed by atoms with E-state index in [1.165, 1.54) is 6.42 Å². The third-order valence-electron chi connectivity index (χ3n) is 3.12. The Kier molecular flexibility index (Phi) is 9.22. The number of nitrogens with one attached hydrogen (secondary N) is 1. The highest BCUT2D eigenvalue weighted by Crippen LogP contribution is 2.34. The lowest BCUT2D eigenvalue weighted by Gasteiger charge is -2.14. The summed E-state index contributed by atoms with van der Waals surface area (Å²) in [5.74, 6) is 1.39. The summed E-state index contributed by atoms with van der Waals surface area (Å²) in [4.78, 5) is 0. The van der Waals surface area contributed by atoms with Crippen LogP contribution in [0.5, 0.6) is 11.5 Å². The fraction of sp³-hybridized carbons (Fsp3) is 0.625. The van der Waals surface area contributed by atoms with Gasteiger partial charge in [-0.2, -0.15) is 0 Å². The molecule has 1 rings (SSSR count). The Labute approximate surface area is 132 Å². The molecule has 1 aromatic rings. The standard InChI is InChI=1S/C16H26ClNO3/c1-4-5-8-21-9-6-7-18-12-13-10-14(17)11-15(19-2)16(13)20-3/h10-11,18H,4-9,12H2,1-3H3. The van der Waals surface area contributed by atoms with E-state index in [-0.39, 0.29) is 0 Å². The smallest absolute Gasteiger partial charge is 0.165 e. The number of hydrogen-bond acceptors (Lipinski definition) is 4. The van der Waals surface area contributed by atoms with E-state index in [1.807, 2.05) is 6.07 Å². The van der Waals surface area contributed by atoms with Crippen molar-refractivity contribution < 1.29 is 14.2 Å². The molecule has 0 aliphatic rings. The van der Waals surface area contributed by atoms with Crippen LogP contribution in [-0.4, -0.2) is 34.0 Å². The molecule has 0 amide bonds. The Bertz CT molecular complexity index is 413. The molecule has 0 unspecified atom stereocenters. The summed E-state index contributed by atoms with van der Waals surface area (Å²) in [7, 11) is 3.25. The maximum atomic E-state index is 6.09. The van der Waals surface area contributed by atoms with Crippen LogP contribution in [0.25, 0.3) is 0 Å². The zero-order chi connectivity index (χ0) is 15.5. The minimum Gasteiger partial charge on any atom is -0.493 e. The van der Waals surface area contributed by atoms with Crippen LogP contribution in [-0.2, 0) is 11.3 Å². The first-order chi connectivity index (χ1) is 10.2. The number of rotatable bonds is 11. The topological polar surface area (TPSA) is 39.7 Å². The molecule has 1 aromatic carbocycles. The predicted octanol–water partition coefficient (Wildman–Crippen LogP) is 3.65. The Morgan fingerprint density at radius 3 is 2.52 bits per heavy atom. The van der Waals surface area contributed by atoms with Gasteiger partial charge in [-0.15, -0.1) is 0 Å². The van der Waals surface area contributed by atoms with Gasteiger partial charge in [0.25, 0.3) is 0 Å². The van der Waals surface area contributed by atoms with Gasteiger partial charge in [0, 0.05) is 36.4 Å². The van der Waals surface area contributed by atoms with Crippen molar-refractivity contribution >= 4 is 11.6 Å². The monoisotopic (exact) mass is 315 g/mol. The van der Waals surface area contributed by atoms with Gasteiger partial charge in [-0.3, -0.25) is 0 Å². The fourth-order valence-electron chi connectivity index (χ4n) is 2.01. The number of methoxy groups -OCH3 is 2. The van der Waals surface area contributed by atoms with Crippen LogP contribution in [0.15, 0.2) is 12.1 Å². The molecule has 0 aliphatic carbocycles. The molecule has 0 heterocycles. The van der Waals surface area contributed by atoms with Crippen LogP contribution >= 0.6 is 11.6 Å². The molecule has 0 radical (unpaired) electrons. The van der Waals surface area contributed by atoms with Gasteiger partial charge in [-0.25, -0.2) is 0 Å². The molecule has 0 aromatic heterocycles. The summed E-state index contributed by atoms with van der Waals surface area (Å²) in [6.07, 6.45) is 3.30. The summed E-state index contributed by atoms with van der Waals surface area (Å²) >= 11 is 6.09. The minimum absolute atomic E-state index is 0.646.